The molecule has 4 N–H and O–H groups in total. The van der Waals surface area contributed by atoms with E-state index in [0.717, 1.165) is 29.2 Å². The van der Waals surface area contributed by atoms with Crippen molar-refractivity contribution >= 4 is 10.8 Å². The Kier molecular flexibility index (Phi) is 2.78. The number of aromatic amines is 3. The van der Waals surface area contributed by atoms with Crippen LogP contribution >= 0.6 is 0 Å². The predicted molar refractivity (Wildman–Crippen MR) is 76.5 cm³/mol. The number of rotatable bonds is 2. The van der Waals surface area contributed by atoms with Crippen molar-refractivity contribution < 1.29 is 0 Å². The zero-order chi connectivity index (χ0) is 14.3. The molecule has 2 heterocycles. The molecule has 3 rings (SSSR count). The number of imidazole rings is 1. The summed E-state index contributed by atoms with van der Waals surface area (Å²) >= 11 is 0. The summed E-state index contributed by atoms with van der Waals surface area (Å²) in [5.41, 5.74) is 2.66. The Balaban J connectivity index is 2.28. The van der Waals surface area contributed by atoms with Crippen LogP contribution in [0.1, 0.15) is 18.4 Å². The largest absolute Gasteiger partial charge is 0.346 e. The SMILES string of the molecule is CCc1nc(-c2ccc3c(=N)[nH][nH]c(=O)c3c2)c(C)[nH]1. The summed E-state index contributed by atoms with van der Waals surface area (Å²) < 4.78 is 0. The Morgan fingerprint density at radius 2 is 2.05 bits per heavy atom. The van der Waals surface area contributed by atoms with E-state index < -0.39 is 0 Å². The van der Waals surface area contributed by atoms with Crippen LogP contribution in [0.5, 0.6) is 0 Å². The fraction of sp³-hybridized carbons (Fsp3) is 0.214. The van der Waals surface area contributed by atoms with Crippen LogP contribution in [0.15, 0.2) is 23.0 Å². The smallest absolute Gasteiger partial charge is 0.270 e. The van der Waals surface area contributed by atoms with Crippen LogP contribution in [0.25, 0.3) is 22.0 Å². The zero-order valence-corrected chi connectivity index (χ0v) is 11.3. The van der Waals surface area contributed by atoms with E-state index in [0.29, 0.717) is 10.8 Å². The molecule has 0 fully saturated rings. The molecule has 0 spiro atoms. The van der Waals surface area contributed by atoms with Gasteiger partial charge in [0.05, 0.1) is 11.1 Å². The first-order chi connectivity index (χ1) is 9.60. The molecule has 0 aliphatic heterocycles. The molecule has 0 unspecified atom stereocenters. The van der Waals surface area contributed by atoms with Crippen molar-refractivity contribution in [3.63, 3.8) is 0 Å². The molecule has 0 atom stereocenters. The third kappa shape index (κ3) is 1.85. The normalized spacial score (nSPS) is 11.1. The van der Waals surface area contributed by atoms with Gasteiger partial charge in [-0.05, 0) is 19.1 Å². The minimum Gasteiger partial charge on any atom is -0.346 e. The fourth-order valence-electron chi connectivity index (χ4n) is 2.32. The number of nitrogens with one attached hydrogen (secondary N) is 4. The van der Waals surface area contributed by atoms with Gasteiger partial charge in [0.2, 0.25) is 0 Å². The number of aromatic nitrogens is 4. The van der Waals surface area contributed by atoms with Crippen LogP contribution in [-0.2, 0) is 6.42 Å². The molecule has 2 aromatic heterocycles. The molecule has 0 amide bonds. The van der Waals surface area contributed by atoms with Crippen molar-refractivity contribution in [3.8, 4) is 11.3 Å². The highest BCUT2D eigenvalue weighted by Gasteiger charge is 2.10. The standard InChI is InChI=1S/C14H15N5O/c1-3-11-16-7(2)12(17-11)8-4-5-9-10(6-8)14(20)19-18-13(9)15/h4-6H,3H2,1-2H3,(H2,15,18)(H,16,17)(H,19,20). The molecule has 0 bridgehead atoms. The summed E-state index contributed by atoms with van der Waals surface area (Å²) in [5.74, 6) is 0.925. The second kappa shape index (κ2) is 4.48. The maximum absolute atomic E-state index is 11.9. The van der Waals surface area contributed by atoms with E-state index in [9.17, 15) is 4.79 Å². The van der Waals surface area contributed by atoms with E-state index >= 15 is 0 Å². The summed E-state index contributed by atoms with van der Waals surface area (Å²) in [5, 5.41) is 13.8. The molecule has 6 nitrogen and oxygen atoms in total. The van der Waals surface area contributed by atoms with Crippen LogP contribution < -0.4 is 11.0 Å². The number of aryl methyl sites for hydroxylation is 2. The number of benzene rings is 1. The first-order valence-electron chi connectivity index (χ1n) is 6.45. The van der Waals surface area contributed by atoms with E-state index in [2.05, 4.69) is 20.2 Å². The first kappa shape index (κ1) is 12.4. The highest BCUT2D eigenvalue weighted by molar-refractivity contribution is 5.85. The van der Waals surface area contributed by atoms with Crippen molar-refractivity contribution in [2.45, 2.75) is 20.3 Å². The van der Waals surface area contributed by atoms with Crippen molar-refractivity contribution in [3.05, 3.63) is 45.6 Å². The van der Waals surface area contributed by atoms with Crippen LogP contribution in [0.3, 0.4) is 0 Å². The summed E-state index contributed by atoms with van der Waals surface area (Å²) in [6, 6.07) is 5.44. The summed E-state index contributed by atoms with van der Waals surface area (Å²) in [7, 11) is 0. The quantitative estimate of drug-likeness (QED) is 0.568. The van der Waals surface area contributed by atoms with Gasteiger partial charge in [-0.1, -0.05) is 13.0 Å². The van der Waals surface area contributed by atoms with Gasteiger partial charge in [-0.25, -0.2) is 4.98 Å². The van der Waals surface area contributed by atoms with Gasteiger partial charge < -0.3 is 4.98 Å². The summed E-state index contributed by atoms with van der Waals surface area (Å²) in [6.45, 7) is 4.00. The molecule has 20 heavy (non-hydrogen) atoms. The van der Waals surface area contributed by atoms with Crippen molar-refractivity contribution in [1.29, 1.82) is 5.41 Å². The lowest BCUT2D eigenvalue weighted by molar-refractivity contribution is 0.932. The topological polar surface area (TPSA) is 101 Å². The number of nitrogens with zero attached hydrogens (tertiary/aromatic N) is 1. The maximum atomic E-state index is 11.9. The van der Waals surface area contributed by atoms with Crippen LogP contribution in [0, 0.1) is 12.3 Å². The lowest BCUT2D eigenvalue weighted by atomic mass is 10.1. The Hall–Kier alpha value is -2.63. The fourth-order valence-corrected chi connectivity index (χ4v) is 2.32. The Morgan fingerprint density at radius 3 is 2.75 bits per heavy atom. The highest BCUT2D eigenvalue weighted by Crippen LogP contribution is 2.23. The molecule has 0 saturated carbocycles. The molecule has 0 radical (unpaired) electrons. The Labute approximate surface area is 114 Å². The van der Waals surface area contributed by atoms with Gasteiger partial charge in [0.15, 0.2) is 0 Å². The van der Waals surface area contributed by atoms with Crippen LogP contribution in [0.2, 0.25) is 0 Å². The van der Waals surface area contributed by atoms with Gasteiger partial charge in [0.25, 0.3) is 5.56 Å². The lowest BCUT2D eigenvalue weighted by Crippen LogP contribution is -2.18. The van der Waals surface area contributed by atoms with Crippen LogP contribution in [-0.4, -0.2) is 20.2 Å². The molecule has 3 aromatic rings. The molecular formula is C14H15N5O. The zero-order valence-electron chi connectivity index (χ0n) is 11.3. The number of hydrogen-bond acceptors (Lipinski definition) is 3. The minimum atomic E-state index is -0.234. The van der Waals surface area contributed by atoms with Crippen molar-refractivity contribution in [2.24, 2.45) is 0 Å². The Bertz CT molecular complexity index is 900. The number of fused-ring (bicyclic) bond motifs is 1. The molecule has 0 aliphatic carbocycles. The molecule has 6 heteroatoms. The van der Waals surface area contributed by atoms with Gasteiger partial charge in [-0.15, -0.1) is 0 Å². The second-order valence-corrected chi connectivity index (χ2v) is 4.73. The van der Waals surface area contributed by atoms with E-state index in [1.54, 1.807) is 12.1 Å². The molecule has 0 aliphatic rings. The maximum Gasteiger partial charge on any atom is 0.270 e. The summed E-state index contributed by atoms with van der Waals surface area (Å²) in [6.07, 6.45) is 0.834. The first-order valence-corrected chi connectivity index (χ1v) is 6.45. The van der Waals surface area contributed by atoms with Crippen molar-refractivity contribution in [2.75, 3.05) is 0 Å². The van der Waals surface area contributed by atoms with E-state index in [1.165, 1.54) is 0 Å². The van der Waals surface area contributed by atoms with Gasteiger partial charge in [-0.3, -0.25) is 20.4 Å². The van der Waals surface area contributed by atoms with E-state index in [4.69, 9.17) is 5.41 Å². The third-order valence-electron chi connectivity index (χ3n) is 3.38. The molecular weight excluding hydrogens is 254 g/mol. The van der Waals surface area contributed by atoms with Gasteiger partial charge >= 0.3 is 0 Å². The highest BCUT2D eigenvalue weighted by atomic mass is 16.1. The Morgan fingerprint density at radius 1 is 1.25 bits per heavy atom. The number of H-pyrrole nitrogens is 3. The van der Waals surface area contributed by atoms with E-state index in [-0.39, 0.29) is 11.0 Å². The van der Waals surface area contributed by atoms with Crippen LogP contribution in [0.4, 0.5) is 0 Å². The van der Waals surface area contributed by atoms with Gasteiger partial charge in [0.1, 0.15) is 11.3 Å². The average Bonchev–Trinajstić information content (AvgIpc) is 2.84. The van der Waals surface area contributed by atoms with Gasteiger partial charge in [0, 0.05) is 23.1 Å². The van der Waals surface area contributed by atoms with E-state index in [1.807, 2.05) is 19.9 Å². The van der Waals surface area contributed by atoms with Gasteiger partial charge in [-0.2, -0.15) is 0 Å². The monoisotopic (exact) mass is 269 g/mol. The van der Waals surface area contributed by atoms with Crippen molar-refractivity contribution in [1.82, 2.24) is 20.2 Å². The number of hydrogen-bond donors (Lipinski definition) is 4. The lowest BCUT2D eigenvalue weighted by Gasteiger charge is -2.02. The predicted octanol–water partition coefficient (Wildman–Crippen LogP) is 1.60. The average molecular weight is 269 g/mol. The summed E-state index contributed by atoms with van der Waals surface area (Å²) in [4.78, 5) is 19.6. The molecule has 102 valence electrons. The minimum absolute atomic E-state index is 0.194. The molecule has 0 saturated heterocycles. The third-order valence-corrected chi connectivity index (χ3v) is 3.38. The molecule has 1 aromatic carbocycles. The second-order valence-electron chi connectivity index (χ2n) is 4.73.